The number of ether oxygens (including phenoxy) is 2. The van der Waals surface area contributed by atoms with Crippen molar-refractivity contribution in [2.45, 2.75) is 11.8 Å². The van der Waals surface area contributed by atoms with E-state index >= 15 is 0 Å². The van der Waals surface area contributed by atoms with Crippen molar-refractivity contribution in [1.82, 2.24) is 9.29 Å². The Morgan fingerprint density at radius 1 is 1.22 bits per heavy atom. The first-order valence-corrected chi connectivity index (χ1v) is 9.86. The molecule has 1 amide bonds. The molecule has 3 rings (SSSR count). The summed E-state index contributed by atoms with van der Waals surface area (Å²) < 4.78 is 37.7. The monoisotopic (exact) mass is 391 g/mol. The number of nitrogens with zero attached hydrogens (tertiary/aromatic N) is 2. The molecule has 1 aromatic carbocycles. The van der Waals surface area contributed by atoms with Crippen molar-refractivity contribution in [3.63, 3.8) is 0 Å². The predicted octanol–water partition coefficient (Wildman–Crippen LogP) is 1.67. The SMILES string of the molecule is COc1ccc(C(=O)Nc2cc(C)ccn2)cc1S(=O)(=O)N1CCOCC1. The molecule has 0 spiro atoms. The number of aryl methyl sites for hydroxylation is 1. The van der Waals surface area contributed by atoms with E-state index in [4.69, 9.17) is 9.47 Å². The van der Waals surface area contributed by atoms with Crippen LogP contribution in [0.25, 0.3) is 0 Å². The number of amides is 1. The average Bonchev–Trinajstić information content (AvgIpc) is 2.68. The second-order valence-electron chi connectivity index (χ2n) is 6.05. The van der Waals surface area contributed by atoms with E-state index in [-0.39, 0.29) is 29.3 Å². The lowest BCUT2D eigenvalue weighted by Gasteiger charge is -2.26. The molecule has 0 aliphatic carbocycles. The zero-order valence-corrected chi connectivity index (χ0v) is 16.0. The number of aromatic nitrogens is 1. The summed E-state index contributed by atoms with van der Waals surface area (Å²) in [5.74, 6) is 0.134. The van der Waals surface area contributed by atoms with Crippen molar-refractivity contribution >= 4 is 21.7 Å². The van der Waals surface area contributed by atoms with Gasteiger partial charge in [-0.05, 0) is 42.8 Å². The van der Waals surface area contributed by atoms with Crippen LogP contribution in [0.5, 0.6) is 5.75 Å². The molecule has 27 heavy (non-hydrogen) atoms. The second kappa shape index (κ2) is 8.03. The molecule has 1 aliphatic rings. The Morgan fingerprint density at radius 3 is 2.63 bits per heavy atom. The molecule has 1 aliphatic heterocycles. The van der Waals surface area contributed by atoms with E-state index in [9.17, 15) is 13.2 Å². The summed E-state index contributed by atoms with van der Waals surface area (Å²) in [7, 11) is -2.41. The Balaban J connectivity index is 1.92. The molecule has 144 valence electrons. The van der Waals surface area contributed by atoms with Gasteiger partial charge < -0.3 is 14.8 Å². The minimum atomic E-state index is -3.81. The molecule has 0 bridgehead atoms. The molecule has 1 N–H and O–H groups in total. The summed E-state index contributed by atoms with van der Waals surface area (Å²) >= 11 is 0. The van der Waals surface area contributed by atoms with Crippen molar-refractivity contribution in [1.29, 1.82) is 0 Å². The summed E-state index contributed by atoms with van der Waals surface area (Å²) in [6.45, 7) is 3.07. The van der Waals surface area contributed by atoms with Crippen LogP contribution >= 0.6 is 0 Å². The number of anilines is 1. The fraction of sp³-hybridized carbons (Fsp3) is 0.333. The van der Waals surface area contributed by atoms with Gasteiger partial charge in [-0.25, -0.2) is 13.4 Å². The maximum Gasteiger partial charge on any atom is 0.256 e. The molecule has 8 nitrogen and oxygen atoms in total. The van der Waals surface area contributed by atoms with Crippen LogP contribution in [0.3, 0.4) is 0 Å². The highest BCUT2D eigenvalue weighted by Gasteiger charge is 2.30. The number of morpholine rings is 1. The summed E-state index contributed by atoms with van der Waals surface area (Å²) in [4.78, 5) is 16.6. The van der Waals surface area contributed by atoms with Crippen LogP contribution < -0.4 is 10.1 Å². The summed E-state index contributed by atoms with van der Waals surface area (Å²) in [5, 5.41) is 2.68. The van der Waals surface area contributed by atoms with Gasteiger partial charge in [0.1, 0.15) is 16.5 Å². The van der Waals surface area contributed by atoms with Crippen LogP contribution in [0.2, 0.25) is 0 Å². The van der Waals surface area contributed by atoms with Gasteiger partial charge in [0, 0.05) is 24.8 Å². The van der Waals surface area contributed by atoms with Crippen LogP contribution in [-0.4, -0.2) is 57.0 Å². The van der Waals surface area contributed by atoms with Gasteiger partial charge in [-0.15, -0.1) is 0 Å². The van der Waals surface area contributed by atoms with Crippen molar-refractivity contribution in [3.8, 4) is 5.75 Å². The maximum atomic E-state index is 13.0. The molecule has 0 radical (unpaired) electrons. The van der Waals surface area contributed by atoms with Crippen LogP contribution in [0, 0.1) is 6.92 Å². The third kappa shape index (κ3) is 4.26. The molecule has 0 unspecified atom stereocenters. The van der Waals surface area contributed by atoms with Crippen LogP contribution in [0.1, 0.15) is 15.9 Å². The first-order valence-electron chi connectivity index (χ1n) is 8.42. The molecular formula is C18H21N3O5S. The minimum absolute atomic E-state index is 0.0447. The van der Waals surface area contributed by atoms with Crippen LogP contribution in [0.15, 0.2) is 41.4 Å². The molecule has 0 atom stereocenters. The standard InChI is InChI=1S/C18H21N3O5S/c1-13-5-6-19-17(11-13)20-18(22)14-3-4-15(25-2)16(12-14)27(23,24)21-7-9-26-10-8-21/h3-6,11-12H,7-10H2,1-2H3,(H,19,20,22). The summed E-state index contributed by atoms with van der Waals surface area (Å²) in [6.07, 6.45) is 1.59. The number of nitrogens with one attached hydrogen (secondary N) is 1. The fourth-order valence-electron chi connectivity index (χ4n) is 2.74. The van der Waals surface area contributed by atoms with Gasteiger partial charge in [-0.3, -0.25) is 4.79 Å². The third-order valence-corrected chi connectivity index (χ3v) is 6.09. The average molecular weight is 391 g/mol. The molecule has 2 heterocycles. The molecule has 1 saturated heterocycles. The Bertz CT molecular complexity index is 940. The highest BCUT2D eigenvalue weighted by atomic mass is 32.2. The van der Waals surface area contributed by atoms with Gasteiger partial charge in [0.05, 0.1) is 20.3 Å². The predicted molar refractivity (Wildman–Crippen MR) is 99.5 cm³/mol. The van der Waals surface area contributed by atoms with Gasteiger partial charge in [0.2, 0.25) is 10.0 Å². The Labute approximate surface area is 158 Å². The number of pyridine rings is 1. The lowest BCUT2D eigenvalue weighted by Crippen LogP contribution is -2.40. The topological polar surface area (TPSA) is 97.8 Å². The van der Waals surface area contributed by atoms with E-state index in [1.165, 1.54) is 29.6 Å². The van der Waals surface area contributed by atoms with E-state index in [0.29, 0.717) is 19.0 Å². The van der Waals surface area contributed by atoms with Crippen molar-refractivity contribution in [3.05, 3.63) is 47.7 Å². The molecule has 0 saturated carbocycles. The van der Waals surface area contributed by atoms with Crippen molar-refractivity contribution < 1.29 is 22.7 Å². The molecule has 2 aromatic rings. The first-order chi connectivity index (χ1) is 12.9. The van der Waals surface area contributed by atoms with E-state index < -0.39 is 15.9 Å². The van der Waals surface area contributed by atoms with Crippen molar-refractivity contribution in [2.75, 3.05) is 38.7 Å². The third-order valence-electron chi connectivity index (χ3n) is 4.17. The van der Waals surface area contributed by atoms with E-state index in [1.54, 1.807) is 12.3 Å². The number of methoxy groups -OCH3 is 1. The largest absolute Gasteiger partial charge is 0.495 e. The van der Waals surface area contributed by atoms with Crippen LogP contribution in [0.4, 0.5) is 5.82 Å². The lowest BCUT2D eigenvalue weighted by atomic mass is 10.2. The van der Waals surface area contributed by atoms with E-state index in [0.717, 1.165) is 5.56 Å². The maximum absolute atomic E-state index is 13.0. The van der Waals surface area contributed by atoms with E-state index in [2.05, 4.69) is 10.3 Å². The van der Waals surface area contributed by atoms with Gasteiger partial charge in [0.15, 0.2) is 0 Å². The number of benzene rings is 1. The Hall–Kier alpha value is -2.49. The van der Waals surface area contributed by atoms with E-state index in [1.807, 2.05) is 13.0 Å². The summed E-state index contributed by atoms with van der Waals surface area (Å²) in [6, 6.07) is 7.87. The number of hydrogen-bond acceptors (Lipinski definition) is 6. The second-order valence-corrected chi connectivity index (χ2v) is 7.96. The smallest absolute Gasteiger partial charge is 0.256 e. The van der Waals surface area contributed by atoms with Gasteiger partial charge in [-0.2, -0.15) is 4.31 Å². The number of sulfonamides is 1. The number of carbonyl (C=O) groups excluding carboxylic acids is 1. The van der Waals surface area contributed by atoms with Gasteiger partial charge in [-0.1, -0.05) is 0 Å². The molecule has 1 fully saturated rings. The fourth-order valence-corrected chi connectivity index (χ4v) is 4.33. The molecular weight excluding hydrogens is 370 g/mol. The highest BCUT2D eigenvalue weighted by Crippen LogP contribution is 2.28. The minimum Gasteiger partial charge on any atom is -0.495 e. The first kappa shape index (κ1) is 19.3. The Kier molecular flexibility index (Phi) is 5.73. The quantitative estimate of drug-likeness (QED) is 0.833. The zero-order chi connectivity index (χ0) is 19.4. The molecule has 1 aromatic heterocycles. The lowest BCUT2D eigenvalue weighted by molar-refractivity contribution is 0.0729. The van der Waals surface area contributed by atoms with Crippen LogP contribution in [-0.2, 0) is 14.8 Å². The molecule has 9 heteroatoms. The number of hydrogen-bond donors (Lipinski definition) is 1. The zero-order valence-electron chi connectivity index (χ0n) is 15.1. The Morgan fingerprint density at radius 2 is 1.96 bits per heavy atom. The number of carbonyl (C=O) groups is 1. The van der Waals surface area contributed by atoms with Crippen molar-refractivity contribution in [2.24, 2.45) is 0 Å². The number of rotatable bonds is 5. The normalized spacial score (nSPS) is 15.3. The highest BCUT2D eigenvalue weighted by molar-refractivity contribution is 7.89. The van der Waals surface area contributed by atoms with Gasteiger partial charge >= 0.3 is 0 Å². The summed E-state index contributed by atoms with van der Waals surface area (Å²) in [5.41, 5.74) is 1.15. The van der Waals surface area contributed by atoms with Gasteiger partial charge in [0.25, 0.3) is 5.91 Å².